The van der Waals surface area contributed by atoms with E-state index in [1.54, 1.807) is 0 Å². The second kappa shape index (κ2) is 13.0. The third-order valence-corrected chi connectivity index (χ3v) is 6.73. The van der Waals surface area contributed by atoms with Crippen molar-refractivity contribution in [2.24, 2.45) is 5.92 Å². The average Bonchev–Trinajstić information content (AvgIpc) is 2.91. The first-order chi connectivity index (χ1) is 19.1. The highest BCUT2D eigenvalue weighted by molar-refractivity contribution is 5.64. The van der Waals surface area contributed by atoms with Gasteiger partial charge in [0.15, 0.2) is 23.7 Å². The third kappa shape index (κ3) is 7.34. The predicted molar refractivity (Wildman–Crippen MR) is 134 cm³/mol. The lowest BCUT2D eigenvalue weighted by Gasteiger charge is -2.29. The Hall–Kier alpha value is -3.11. The zero-order chi connectivity index (χ0) is 28.9. The van der Waals surface area contributed by atoms with Crippen molar-refractivity contribution in [1.29, 1.82) is 0 Å². The van der Waals surface area contributed by atoms with Crippen LogP contribution in [-0.4, -0.2) is 19.5 Å². The van der Waals surface area contributed by atoms with Crippen LogP contribution in [0.25, 0.3) is 11.1 Å². The monoisotopic (exact) mass is 570 g/mol. The van der Waals surface area contributed by atoms with Crippen molar-refractivity contribution in [3.05, 3.63) is 88.7 Å². The molecule has 0 N–H and O–H groups in total. The summed E-state index contributed by atoms with van der Waals surface area (Å²) in [6, 6.07) is 7.59. The summed E-state index contributed by atoms with van der Waals surface area (Å²) in [5.74, 6) is -7.57. The molecule has 0 amide bonds. The molecule has 1 heterocycles. The third-order valence-electron chi connectivity index (χ3n) is 6.73. The number of alkyl halides is 2. The highest BCUT2D eigenvalue weighted by Crippen LogP contribution is 2.36. The van der Waals surface area contributed by atoms with E-state index in [4.69, 9.17) is 9.47 Å². The van der Waals surface area contributed by atoms with Crippen molar-refractivity contribution in [2.45, 2.75) is 57.8 Å². The molecule has 1 fully saturated rings. The minimum Gasteiger partial charge on any atom is -0.429 e. The first-order valence-electron chi connectivity index (χ1n) is 13.1. The maximum atomic E-state index is 14.8. The van der Waals surface area contributed by atoms with Crippen LogP contribution in [0.4, 0.5) is 30.7 Å². The van der Waals surface area contributed by atoms with Crippen molar-refractivity contribution in [3.8, 4) is 16.9 Å². The van der Waals surface area contributed by atoms with E-state index in [9.17, 15) is 30.7 Å². The minimum atomic E-state index is -4.37. The van der Waals surface area contributed by atoms with E-state index in [0.717, 1.165) is 62.1 Å². The van der Waals surface area contributed by atoms with Gasteiger partial charge in [-0.1, -0.05) is 38.3 Å². The Morgan fingerprint density at radius 3 is 1.95 bits per heavy atom. The van der Waals surface area contributed by atoms with Crippen LogP contribution >= 0.6 is 0 Å². The molecule has 0 unspecified atom stereocenters. The molecule has 1 aliphatic heterocycles. The molecular formula is C30H29F7O3. The molecular weight excluding hydrogens is 541 g/mol. The van der Waals surface area contributed by atoms with Crippen LogP contribution in [0.5, 0.6) is 5.75 Å². The van der Waals surface area contributed by atoms with Gasteiger partial charge in [0.2, 0.25) is 0 Å². The number of unbranched alkanes of at least 4 members (excludes halogenated alkanes) is 2. The minimum absolute atomic E-state index is 0.0433. The van der Waals surface area contributed by atoms with Gasteiger partial charge in [-0.2, -0.15) is 8.78 Å². The second-order valence-electron chi connectivity index (χ2n) is 9.83. The number of halogens is 7. The van der Waals surface area contributed by atoms with Gasteiger partial charge in [-0.05, 0) is 65.9 Å². The van der Waals surface area contributed by atoms with Gasteiger partial charge in [0, 0.05) is 12.3 Å². The van der Waals surface area contributed by atoms with Crippen LogP contribution in [0.15, 0.2) is 48.5 Å². The Morgan fingerprint density at radius 1 is 0.775 bits per heavy atom. The molecule has 3 aromatic rings. The highest BCUT2D eigenvalue weighted by atomic mass is 19.3. The van der Waals surface area contributed by atoms with Crippen LogP contribution < -0.4 is 4.74 Å². The number of rotatable bonds is 11. The molecule has 0 saturated carbocycles. The van der Waals surface area contributed by atoms with Gasteiger partial charge in [0.1, 0.15) is 22.9 Å². The van der Waals surface area contributed by atoms with Crippen LogP contribution in [0, 0.1) is 35.0 Å². The molecule has 0 spiro atoms. The highest BCUT2D eigenvalue weighted by Gasteiger charge is 2.41. The van der Waals surface area contributed by atoms with Gasteiger partial charge < -0.3 is 14.2 Å². The van der Waals surface area contributed by atoms with E-state index in [-0.39, 0.29) is 23.1 Å². The number of ether oxygens (including phenoxy) is 3. The first kappa shape index (κ1) is 29.9. The molecule has 0 aromatic heterocycles. The molecule has 3 aromatic carbocycles. The average molecular weight is 571 g/mol. The molecule has 40 heavy (non-hydrogen) atoms. The number of hydrogen-bond donors (Lipinski definition) is 0. The van der Waals surface area contributed by atoms with Gasteiger partial charge >= 0.3 is 6.11 Å². The number of benzene rings is 3. The first-order valence-corrected chi connectivity index (χ1v) is 13.1. The van der Waals surface area contributed by atoms with Crippen LogP contribution in [0.1, 0.15) is 50.2 Å². The number of hydrogen-bond acceptors (Lipinski definition) is 3. The summed E-state index contributed by atoms with van der Waals surface area (Å²) in [6.07, 6.45) is -0.0766. The fraction of sp³-hybridized carbons (Fsp3) is 0.400. The van der Waals surface area contributed by atoms with Gasteiger partial charge in [-0.25, -0.2) is 22.0 Å². The van der Waals surface area contributed by atoms with E-state index in [1.165, 1.54) is 12.1 Å². The van der Waals surface area contributed by atoms with Crippen LogP contribution in [0.2, 0.25) is 0 Å². The predicted octanol–water partition coefficient (Wildman–Crippen LogP) is 8.68. The zero-order valence-electron chi connectivity index (χ0n) is 21.8. The standard InChI is InChI=1S/C30H29F7O3/c1-2-3-4-5-19-16-38-27(39-17-19)11-6-18-12-23(31)28(24(32)13-18)30(36,37)40-22-9-7-20(8-10-22)21-14-25(33)29(35)26(34)15-21/h7-10,12-15,19,27H,2-6,11,16-17H2,1H3. The smallest absolute Gasteiger partial charge is 0.429 e. The Morgan fingerprint density at radius 2 is 1.38 bits per heavy atom. The Bertz CT molecular complexity index is 1240. The van der Waals surface area contributed by atoms with Crippen molar-refractivity contribution >= 4 is 0 Å². The number of aryl methyl sites for hydroxylation is 1. The van der Waals surface area contributed by atoms with E-state index < -0.39 is 52.8 Å². The van der Waals surface area contributed by atoms with E-state index in [2.05, 4.69) is 11.7 Å². The summed E-state index contributed by atoms with van der Waals surface area (Å²) in [7, 11) is 0. The molecule has 216 valence electrons. The summed E-state index contributed by atoms with van der Waals surface area (Å²) in [4.78, 5) is 0. The summed E-state index contributed by atoms with van der Waals surface area (Å²) in [6.45, 7) is 3.21. The summed E-state index contributed by atoms with van der Waals surface area (Å²) in [5, 5.41) is 0. The molecule has 10 heteroatoms. The summed E-state index contributed by atoms with van der Waals surface area (Å²) >= 11 is 0. The van der Waals surface area contributed by atoms with Gasteiger partial charge in [-0.3, -0.25) is 0 Å². The molecule has 0 atom stereocenters. The topological polar surface area (TPSA) is 27.7 Å². The molecule has 3 nitrogen and oxygen atoms in total. The molecule has 1 aliphatic rings. The molecule has 0 radical (unpaired) electrons. The van der Waals surface area contributed by atoms with Crippen molar-refractivity contribution in [1.82, 2.24) is 0 Å². The van der Waals surface area contributed by atoms with Crippen molar-refractivity contribution in [2.75, 3.05) is 13.2 Å². The lowest BCUT2D eigenvalue weighted by Crippen LogP contribution is -2.32. The largest absolute Gasteiger partial charge is 0.432 e. The van der Waals surface area contributed by atoms with Gasteiger partial charge in [-0.15, -0.1) is 0 Å². The normalized spacial score (nSPS) is 17.7. The second-order valence-corrected chi connectivity index (χ2v) is 9.83. The van der Waals surface area contributed by atoms with Crippen LogP contribution in [-0.2, 0) is 22.0 Å². The Balaban J connectivity index is 1.37. The summed E-state index contributed by atoms with van der Waals surface area (Å²) in [5.41, 5.74) is -1.26. The maximum absolute atomic E-state index is 14.8. The van der Waals surface area contributed by atoms with E-state index in [1.807, 2.05) is 0 Å². The lowest BCUT2D eigenvalue weighted by atomic mass is 10.0. The molecule has 1 saturated heterocycles. The van der Waals surface area contributed by atoms with Crippen molar-refractivity contribution in [3.63, 3.8) is 0 Å². The van der Waals surface area contributed by atoms with Crippen LogP contribution in [0.3, 0.4) is 0 Å². The van der Waals surface area contributed by atoms with E-state index >= 15 is 0 Å². The Labute approximate surface area is 227 Å². The van der Waals surface area contributed by atoms with Gasteiger partial charge in [0.05, 0.1) is 13.2 Å². The molecule has 0 bridgehead atoms. The summed E-state index contributed by atoms with van der Waals surface area (Å²) < 4.78 is 115. The SMILES string of the molecule is CCCCCC1COC(CCc2cc(F)c(C(F)(F)Oc3ccc(-c4cc(F)c(F)c(F)c4)cc3)c(F)c2)OC1. The zero-order valence-corrected chi connectivity index (χ0v) is 21.8. The maximum Gasteiger partial charge on any atom is 0.432 e. The fourth-order valence-corrected chi connectivity index (χ4v) is 4.57. The molecule has 4 rings (SSSR count). The quantitative estimate of drug-likeness (QED) is 0.131. The Kier molecular flexibility index (Phi) is 9.73. The van der Waals surface area contributed by atoms with E-state index in [0.29, 0.717) is 25.6 Å². The lowest BCUT2D eigenvalue weighted by molar-refractivity contribution is -0.203. The van der Waals surface area contributed by atoms with Gasteiger partial charge in [0.25, 0.3) is 0 Å². The molecule has 0 aliphatic carbocycles. The van der Waals surface area contributed by atoms with Crippen molar-refractivity contribution < 1.29 is 44.9 Å². The fourth-order valence-electron chi connectivity index (χ4n) is 4.57.